The number of benzene rings is 1. The zero-order valence-corrected chi connectivity index (χ0v) is 13.2. The zero-order valence-electron chi connectivity index (χ0n) is 10.7. The van der Waals surface area contributed by atoms with Crippen LogP contribution in [0.4, 0.5) is 5.13 Å². The van der Waals surface area contributed by atoms with Crippen LogP contribution in [0.1, 0.15) is 10.6 Å². The highest BCUT2D eigenvalue weighted by Gasteiger charge is 2.11. The van der Waals surface area contributed by atoms with Crippen molar-refractivity contribution in [2.45, 2.75) is 17.0 Å². The normalized spacial score (nSPS) is 10.8. The molecule has 0 bridgehead atoms. The Balaban J connectivity index is 1.76. The summed E-state index contributed by atoms with van der Waals surface area (Å²) in [5.74, 6) is 0.852. The number of rotatable bonds is 4. The van der Waals surface area contributed by atoms with E-state index >= 15 is 0 Å². The van der Waals surface area contributed by atoms with E-state index in [1.165, 1.54) is 16.2 Å². The van der Waals surface area contributed by atoms with Crippen molar-refractivity contribution in [2.24, 2.45) is 0 Å². The SMILES string of the molecule is Cc1nc(-c2ccccc2)sc1CSc1nnc(N)s1. The van der Waals surface area contributed by atoms with Gasteiger partial charge in [0, 0.05) is 16.2 Å². The number of thiazole rings is 1. The van der Waals surface area contributed by atoms with E-state index in [1.54, 1.807) is 23.1 Å². The number of hydrogen-bond donors (Lipinski definition) is 1. The summed E-state index contributed by atoms with van der Waals surface area (Å²) in [6.07, 6.45) is 0. The van der Waals surface area contributed by atoms with Crippen molar-refractivity contribution in [2.75, 3.05) is 5.73 Å². The van der Waals surface area contributed by atoms with Gasteiger partial charge in [-0.25, -0.2) is 4.98 Å². The fourth-order valence-corrected chi connectivity index (χ4v) is 4.52. The van der Waals surface area contributed by atoms with Crippen molar-refractivity contribution < 1.29 is 0 Å². The molecule has 0 aliphatic rings. The number of nitrogen functional groups attached to an aromatic ring is 1. The van der Waals surface area contributed by atoms with Gasteiger partial charge < -0.3 is 5.73 Å². The first-order valence-corrected chi connectivity index (χ1v) is 8.58. The summed E-state index contributed by atoms with van der Waals surface area (Å²) in [4.78, 5) is 5.91. The third kappa shape index (κ3) is 3.00. The molecule has 0 unspecified atom stereocenters. The average molecular weight is 320 g/mol. The van der Waals surface area contributed by atoms with Gasteiger partial charge in [-0.2, -0.15) is 0 Å². The smallest absolute Gasteiger partial charge is 0.203 e. The maximum Gasteiger partial charge on any atom is 0.203 e. The summed E-state index contributed by atoms with van der Waals surface area (Å²) < 4.78 is 0.900. The predicted octanol–water partition coefficient (Wildman–Crippen LogP) is 3.84. The molecule has 0 aliphatic carbocycles. The molecule has 3 aromatic rings. The molecule has 1 aromatic carbocycles. The van der Waals surface area contributed by atoms with Crippen molar-refractivity contribution in [3.63, 3.8) is 0 Å². The summed E-state index contributed by atoms with van der Waals surface area (Å²) in [7, 11) is 0. The van der Waals surface area contributed by atoms with Gasteiger partial charge in [0.1, 0.15) is 5.01 Å². The lowest BCUT2D eigenvalue weighted by molar-refractivity contribution is 1.02. The molecule has 102 valence electrons. The summed E-state index contributed by atoms with van der Waals surface area (Å²) in [5.41, 5.74) is 7.83. The molecule has 0 aliphatic heterocycles. The lowest BCUT2D eigenvalue weighted by Crippen LogP contribution is -1.81. The maximum atomic E-state index is 5.58. The third-order valence-corrected chi connectivity index (χ3v) is 5.96. The van der Waals surface area contributed by atoms with Gasteiger partial charge in [0.05, 0.1) is 5.69 Å². The van der Waals surface area contributed by atoms with Crippen LogP contribution in [0.25, 0.3) is 10.6 Å². The Bertz CT molecular complexity index is 705. The van der Waals surface area contributed by atoms with Crippen molar-refractivity contribution >= 4 is 39.6 Å². The Morgan fingerprint density at radius 1 is 1.15 bits per heavy atom. The van der Waals surface area contributed by atoms with Crippen LogP contribution in [-0.2, 0) is 5.75 Å². The van der Waals surface area contributed by atoms with Crippen LogP contribution in [0.3, 0.4) is 0 Å². The van der Waals surface area contributed by atoms with Gasteiger partial charge in [-0.05, 0) is 6.92 Å². The fraction of sp³-hybridized carbons (Fsp3) is 0.154. The molecular formula is C13H12N4S3. The molecule has 0 saturated heterocycles. The minimum atomic E-state index is 0.513. The van der Waals surface area contributed by atoms with Gasteiger partial charge in [0.2, 0.25) is 5.13 Å². The second kappa shape index (κ2) is 5.90. The third-order valence-electron chi connectivity index (χ3n) is 2.66. The molecule has 2 N–H and O–H groups in total. The number of hydrogen-bond acceptors (Lipinski definition) is 7. The van der Waals surface area contributed by atoms with Crippen LogP contribution in [0.15, 0.2) is 34.7 Å². The van der Waals surface area contributed by atoms with Crippen LogP contribution >= 0.6 is 34.4 Å². The highest BCUT2D eigenvalue weighted by molar-refractivity contribution is 8.00. The van der Waals surface area contributed by atoms with Gasteiger partial charge >= 0.3 is 0 Å². The van der Waals surface area contributed by atoms with E-state index in [9.17, 15) is 0 Å². The summed E-state index contributed by atoms with van der Waals surface area (Å²) >= 11 is 4.80. The molecule has 0 amide bonds. The van der Waals surface area contributed by atoms with Gasteiger partial charge in [-0.15, -0.1) is 21.5 Å². The first kappa shape index (κ1) is 13.5. The summed E-state index contributed by atoms with van der Waals surface area (Å²) in [6.45, 7) is 2.05. The lowest BCUT2D eigenvalue weighted by atomic mass is 10.2. The van der Waals surface area contributed by atoms with E-state index in [1.807, 2.05) is 25.1 Å². The van der Waals surface area contributed by atoms with Crippen LogP contribution in [0.2, 0.25) is 0 Å². The molecule has 0 spiro atoms. The molecule has 3 rings (SSSR count). The fourth-order valence-electron chi connectivity index (χ4n) is 1.67. The van der Waals surface area contributed by atoms with Crippen LogP contribution in [0, 0.1) is 6.92 Å². The molecule has 4 nitrogen and oxygen atoms in total. The minimum absolute atomic E-state index is 0.513. The molecule has 7 heteroatoms. The number of anilines is 1. The van der Waals surface area contributed by atoms with Gasteiger partial charge in [-0.1, -0.05) is 53.4 Å². The first-order valence-electron chi connectivity index (χ1n) is 5.96. The molecule has 0 fully saturated rings. The number of nitrogens with two attached hydrogens (primary N) is 1. The average Bonchev–Trinajstić information content (AvgIpc) is 3.04. The zero-order chi connectivity index (χ0) is 13.9. The van der Waals surface area contributed by atoms with E-state index in [-0.39, 0.29) is 0 Å². The Morgan fingerprint density at radius 3 is 2.65 bits per heavy atom. The van der Waals surface area contributed by atoms with Crippen molar-refractivity contribution in [1.29, 1.82) is 0 Å². The highest BCUT2D eigenvalue weighted by atomic mass is 32.2. The number of thioether (sulfide) groups is 1. The van der Waals surface area contributed by atoms with E-state index < -0.39 is 0 Å². The standard InChI is InChI=1S/C13H12N4S3/c1-8-10(7-18-13-17-16-12(14)20-13)19-11(15-8)9-5-3-2-4-6-9/h2-6H,7H2,1H3,(H2,14,16). The Labute approximate surface area is 129 Å². The van der Waals surface area contributed by atoms with Gasteiger partial charge in [-0.3, -0.25) is 0 Å². The molecule has 0 atom stereocenters. The predicted molar refractivity (Wildman–Crippen MR) is 86.2 cm³/mol. The lowest BCUT2D eigenvalue weighted by Gasteiger charge is -1.94. The topological polar surface area (TPSA) is 64.7 Å². The van der Waals surface area contributed by atoms with E-state index in [2.05, 4.69) is 27.3 Å². The Morgan fingerprint density at radius 2 is 1.95 bits per heavy atom. The van der Waals surface area contributed by atoms with Crippen LogP contribution in [-0.4, -0.2) is 15.2 Å². The molecule has 20 heavy (non-hydrogen) atoms. The highest BCUT2D eigenvalue weighted by Crippen LogP contribution is 2.33. The molecule has 2 heterocycles. The summed E-state index contributed by atoms with van der Waals surface area (Å²) in [5, 5.41) is 9.41. The van der Waals surface area contributed by atoms with Crippen molar-refractivity contribution in [3.8, 4) is 10.6 Å². The van der Waals surface area contributed by atoms with Gasteiger partial charge in [0.25, 0.3) is 0 Å². The molecule has 0 saturated carbocycles. The van der Waals surface area contributed by atoms with Crippen LogP contribution in [0.5, 0.6) is 0 Å². The quantitative estimate of drug-likeness (QED) is 0.740. The largest absolute Gasteiger partial charge is 0.374 e. The van der Waals surface area contributed by atoms with Gasteiger partial charge in [0.15, 0.2) is 4.34 Å². The molecule has 0 radical (unpaired) electrons. The number of nitrogens with zero attached hydrogens (tertiary/aromatic N) is 3. The Kier molecular flexibility index (Phi) is 4.00. The molecular weight excluding hydrogens is 308 g/mol. The van der Waals surface area contributed by atoms with E-state index in [0.29, 0.717) is 5.13 Å². The molecule has 2 aromatic heterocycles. The number of aromatic nitrogens is 3. The number of aryl methyl sites for hydroxylation is 1. The van der Waals surface area contributed by atoms with Crippen LogP contribution < -0.4 is 5.73 Å². The van der Waals surface area contributed by atoms with E-state index in [0.717, 1.165) is 26.4 Å². The second-order valence-corrected chi connectivity index (χ2v) is 7.40. The van der Waals surface area contributed by atoms with E-state index in [4.69, 9.17) is 5.73 Å². The monoisotopic (exact) mass is 320 g/mol. The van der Waals surface area contributed by atoms with Crippen molar-refractivity contribution in [3.05, 3.63) is 40.9 Å². The maximum absolute atomic E-state index is 5.58. The summed E-state index contributed by atoms with van der Waals surface area (Å²) in [6, 6.07) is 10.2. The second-order valence-electron chi connectivity index (χ2n) is 4.09. The Hall–Kier alpha value is -1.44. The first-order chi connectivity index (χ1) is 9.72. The van der Waals surface area contributed by atoms with Crippen molar-refractivity contribution in [1.82, 2.24) is 15.2 Å². The minimum Gasteiger partial charge on any atom is -0.374 e.